The van der Waals surface area contributed by atoms with Crippen molar-refractivity contribution in [2.75, 3.05) is 13.1 Å². The third-order valence-corrected chi connectivity index (χ3v) is 6.24. The Hall–Kier alpha value is -3.98. The summed E-state index contributed by atoms with van der Waals surface area (Å²) in [5, 5.41) is 8.55. The van der Waals surface area contributed by atoms with Crippen LogP contribution in [0.25, 0.3) is 34.0 Å². The van der Waals surface area contributed by atoms with Crippen molar-refractivity contribution in [1.82, 2.24) is 29.8 Å². The maximum Gasteiger partial charge on any atom is 0.169 e. The summed E-state index contributed by atoms with van der Waals surface area (Å²) >= 11 is 0. The number of aromatic nitrogens is 5. The Balaban J connectivity index is 1.18. The Bertz CT molecular complexity index is 1440. The normalized spacial score (nSPS) is 14.2. The number of fused-ring (bicyclic) bond motifs is 1. The van der Waals surface area contributed by atoms with Crippen molar-refractivity contribution in [2.24, 2.45) is 0 Å². The van der Waals surface area contributed by atoms with Crippen LogP contribution in [0.1, 0.15) is 24.2 Å². The molecule has 3 aliphatic heterocycles. The molecule has 0 saturated carbocycles. The lowest BCUT2D eigenvalue weighted by Crippen LogP contribution is -2.18. The summed E-state index contributed by atoms with van der Waals surface area (Å²) in [5.41, 5.74) is 4.06. The highest BCUT2D eigenvalue weighted by Crippen LogP contribution is 2.27. The van der Waals surface area contributed by atoms with E-state index in [-0.39, 0.29) is 11.4 Å². The predicted octanol–water partition coefficient (Wildman–Crippen LogP) is 5.02. The fraction of sp³-hybridized carbons (Fsp3) is 0.231. The van der Waals surface area contributed by atoms with Gasteiger partial charge in [0.2, 0.25) is 0 Å². The van der Waals surface area contributed by atoms with Gasteiger partial charge in [0, 0.05) is 18.2 Å². The number of rotatable bonds is 6. The minimum atomic E-state index is -0.970. The van der Waals surface area contributed by atoms with Crippen LogP contribution < -0.4 is 0 Å². The third-order valence-electron chi connectivity index (χ3n) is 6.24. The zero-order chi connectivity index (χ0) is 23.8. The second-order valence-corrected chi connectivity index (χ2v) is 8.75. The topological polar surface area (TPSA) is 72.9 Å². The Labute approximate surface area is 200 Å². The van der Waals surface area contributed by atoms with Gasteiger partial charge in [-0.15, -0.1) is 0 Å². The van der Waals surface area contributed by atoms with E-state index in [0.29, 0.717) is 23.7 Å². The van der Waals surface area contributed by atoms with Crippen LogP contribution in [0, 0.1) is 11.6 Å². The molecule has 3 aromatic rings. The van der Waals surface area contributed by atoms with E-state index in [9.17, 15) is 8.78 Å². The molecular weight excluding hydrogens is 450 g/mol. The molecule has 4 heterocycles. The van der Waals surface area contributed by atoms with Gasteiger partial charge in [0.1, 0.15) is 23.6 Å². The summed E-state index contributed by atoms with van der Waals surface area (Å²) < 4.78 is 34.9. The lowest BCUT2D eigenvalue weighted by atomic mass is 10.1. The number of hydrogen-bond donors (Lipinski definition) is 0. The molecule has 3 aliphatic rings. The molecule has 0 N–H and O–H groups in total. The maximum atomic E-state index is 14.1. The van der Waals surface area contributed by atoms with Gasteiger partial charge in [-0.2, -0.15) is 5.10 Å². The van der Waals surface area contributed by atoms with E-state index in [4.69, 9.17) is 4.52 Å². The van der Waals surface area contributed by atoms with Gasteiger partial charge in [0.25, 0.3) is 0 Å². The Morgan fingerprint density at radius 1 is 0.886 bits per heavy atom. The molecule has 1 fully saturated rings. The van der Waals surface area contributed by atoms with Crippen LogP contribution in [0.3, 0.4) is 0 Å². The van der Waals surface area contributed by atoms with Gasteiger partial charge >= 0.3 is 0 Å². The van der Waals surface area contributed by atoms with Crippen LogP contribution in [0.4, 0.5) is 8.78 Å². The van der Waals surface area contributed by atoms with Gasteiger partial charge in [-0.1, -0.05) is 35.5 Å². The van der Waals surface area contributed by atoms with Gasteiger partial charge < -0.3 is 4.52 Å². The first-order valence-corrected chi connectivity index (χ1v) is 11.5. The SMILES string of the molecule is Fc1cccc(-c2nc3cnn(Cc4cc(-c5ccc(CN6CCCC6)cc5)no4)cc-3n2)c1F. The number of imidazole rings is 1. The first-order valence-electron chi connectivity index (χ1n) is 11.5. The van der Waals surface area contributed by atoms with Crippen LogP contribution >= 0.6 is 0 Å². The molecule has 2 aromatic carbocycles. The number of halogens is 2. The van der Waals surface area contributed by atoms with Crippen LogP contribution in [-0.4, -0.2) is 42.9 Å². The molecule has 0 amide bonds. The lowest BCUT2D eigenvalue weighted by Gasteiger charge is -2.14. The average Bonchev–Trinajstić information content (AvgIpc) is 3.63. The lowest BCUT2D eigenvalue weighted by molar-refractivity contribution is 0.331. The van der Waals surface area contributed by atoms with Gasteiger partial charge in [-0.3, -0.25) is 9.58 Å². The summed E-state index contributed by atoms with van der Waals surface area (Å²) in [6.45, 7) is 3.66. The van der Waals surface area contributed by atoms with Crippen molar-refractivity contribution >= 4 is 0 Å². The minimum Gasteiger partial charge on any atom is -0.359 e. The van der Waals surface area contributed by atoms with Gasteiger partial charge in [0.05, 0.1) is 18.0 Å². The van der Waals surface area contributed by atoms with Gasteiger partial charge in [-0.05, 0) is 43.6 Å². The molecule has 0 aliphatic carbocycles. The zero-order valence-electron chi connectivity index (χ0n) is 18.9. The standard InChI is InChI=1S/C26H22F2N6O/c27-21-5-3-4-20(25(21)28)26-30-23-13-29-34(16-24(23)31-26)15-19-12-22(32-35-19)18-8-6-17(7-9-18)14-33-10-1-2-11-33/h3-9,12-13,16H,1-2,10-11,14-15H2. The molecule has 0 bridgehead atoms. The van der Waals surface area contributed by atoms with Crippen LogP contribution in [-0.2, 0) is 13.1 Å². The fourth-order valence-electron chi connectivity index (χ4n) is 4.41. The van der Waals surface area contributed by atoms with Crippen LogP contribution in [0.5, 0.6) is 0 Å². The fourth-order valence-corrected chi connectivity index (χ4v) is 4.41. The highest BCUT2D eigenvalue weighted by molar-refractivity contribution is 5.65. The Morgan fingerprint density at radius 3 is 2.51 bits per heavy atom. The molecular formula is C26H22F2N6O. The predicted molar refractivity (Wildman–Crippen MR) is 125 cm³/mol. The van der Waals surface area contributed by atoms with Crippen molar-refractivity contribution in [2.45, 2.75) is 25.9 Å². The van der Waals surface area contributed by atoms with E-state index in [2.05, 4.69) is 49.4 Å². The Kier molecular flexibility index (Phi) is 5.54. The van der Waals surface area contributed by atoms with Crippen molar-refractivity contribution < 1.29 is 13.3 Å². The molecule has 1 saturated heterocycles. The quantitative estimate of drug-likeness (QED) is 0.346. The van der Waals surface area contributed by atoms with E-state index in [1.54, 1.807) is 17.1 Å². The molecule has 0 unspecified atom stereocenters. The largest absolute Gasteiger partial charge is 0.359 e. The van der Waals surface area contributed by atoms with Crippen LogP contribution in [0.15, 0.2) is 65.4 Å². The molecule has 7 nitrogen and oxygen atoms in total. The summed E-state index contributed by atoms with van der Waals surface area (Å²) in [6.07, 6.45) is 5.80. The number of hydrogen-bond acceptors (Lipinski definition) is 6. The van der Waals surface area contributed by atoms with E-state index >= 15 is 0 Å². The van der Waals surface area contributed by atoms with Crippen molar-refractivity contribution in [3.63, 3.8) is 0 Å². The zero-order valence-corrected chi connectivity index (χ0v) is 18.9. The summed E-state index contributed by atoms with van der Waals surface area (Å²) in [5.74, 6) is -1.16. The molecule has 0 atom stereocenters. The highest BCUT2D eigenvalue weighted by Gasteiger charge is 2.18. The molecule has 35 heavy (non-hydrogen) atoms. The molecule has 0 spiro atoms. The van der Waals surface area contributed by atoms with Crippen molar-refractivity contribution in [3.8, 4) is 34.0 Å². The highest BCUT2D eigenvalue weighted by atomic mass is 19.2. The van der Waals surface area contributed by atoms with E-state index in [0.717, 1.165) is 23.9 Å². The number of nitrogens with zero attached hydrogens (tertiary/aromatic N) is 6. The van der Waals surface area contributed by atoms with E-state index in [1.807, 2.05) is 6.07 Å². The summed E-state index contributed by atoms with van der Waals surface area (Å²) in [7, 11) is 0. The average molecular weight is 472 g/mol. The minimum absolute atomic E-state index is 0.0130. The molecule has 0 radical (unpaired) electrons. The Morgan fingerprint density at radius 2 is 1.69 bits per heavy atom. The molecule has 6 rings (SSSR count). The van der Waals surface area contributed by atoms with Gasteiger partial charge in [0.15, 0.2) is 23.2 Å². The molecule has 176 valence electrons. The monoisotopic (exact) mass is 472 g/mol. The third kappa shape index (κ3) is 4.42. The first kappa shape index (κ1) is 21.5. The summed E-state index contributed by atoms with van der Waals surface area (Å²) in [4.78, 5) is 11.1. The first-order chi connectivity index (χ1) is 17.1. The molecule has 9 heteroatoms. The smallest absolute Gasteiger partial charge is 0.169 e. The number of likely N-dealkylation sites (tertiary alicyclic amines) is 1. The van der Waals surface area contributed by atoms with Crippen LogP contribution in [0.2, 0.25) is 0 Å². The van der Waals surface area contributed by atoms with E-state index < -0.39 is 11.6 Å². The van der Waals surface area contributed by atoms with Crippen molar-refractivity contribution in [1.29, 1.82) is 0 Å². The second kappa shape index (κ2) is 8.99. The summed E-state index contributed by atoms with van der Waals surface area (Å²) in [6, 6.07) is 14.2. The maximum absolute atomic E-state index is 14.1. The van der Waals surface area contributed by atoms with E-state index in [1.165, 1.54) is 43.6 Å². The van der Waals surface area contributed by atoms with Crippen molar-refractivity contribution in [3.05, 3.63) is 83.9 Å². The van der Waals surface area contributed by atoms with Gasteiger partial charge in [-0.25, -0.2) is 18.7 Å². The molecule has 1 aromatic heterocycles. The second-order valence-electron chi connectivity index (χ2n) is 8.75. The number of benzene rings is 2.